The molecule has 0 aromatic carbocycles. The first-order chi connectivity index (χ1) is 13.5. The van der Waals surface area contributed by atoms with E-state index in [4.69, 9.17) is 0 Å². The van der Waals surface area contributed by atoms with Gasteiger partial charge in [-0.05, 0) is 46.1 Å². The molecule has 1 atom stereocenters. The van der Waals surface area contributed by atoms with Gasteiger partial charge in [0.05, 0.1) is 23.6 Å². The number of piperidine rings is 1. The standard InChI is InChI=1S/C20H31N7O/c1-14-19(15(2)25(3)24-14)21-18(28)13-26-10-7-8-16(12-26)20-23-22-17-9-5-4-6-11-27(17)20/h16H,4-13H2,1-3H3,(H,21,28). The molecule has 1 fully saturated rings. The van der Waals surface area contributed by atoms with Crippen molar-refractivity contribution in [1.82, 2.24) is 29.4 Å². The van der Waals surface area contributed by atoms with Crippen LogP contribution in [0.1, 0.15) is 61.1 Å². The molecule has 0 saturated carbocycles. The maximum absolute atomic E-state index is 12.6. The molecule has 0 spiro atoms. The van der Waals surface area contributed by atoms with E-state index >= 15 is 0 Å². The third-order valence-corrected chi connectivity index (χ3v) is 6.15. The van der Waals surface area contributed by atoms with Gasteiger partial charge in [0, 0.05) is 32.5 Å². The quantitative estimate of drug-likeness (QED) is 0.872. The summed E-state index contributed by atoms with van der Waals surface area (Å²) in [6.45, 7) is 7.17. The zero-order valence-corrected chi connectivity index (χ0v) is 17.2. The SMILES string of the molecule is Cc1nn(C)c(C)c1NC(=O)CN1CCCC(c2nnc3n2CCCCC3)C1. The van der Waals surface area contributed by atoms with E-state index in [1.54, 1.807) is 4.68 Å². The number of anilines is 1. The molecule has 0 bridgehead atoms. The molecule has 0 aliphatic carbocycles. The lowest BCUT2D eigenvalue weighted by Gasteiger charge is -2.31. The van der Waals surface area contributed by atoms with Gasteiger partial charge in [-0.25, -0.2) is 0 Å². The topological polar surface area (TPSA) is 80.9 Å². The number of nitrogens with one attached hydrogen (secondary N) is 1. The fraction of sp³-hybridized carbons (Fsp3) is 0.700. The van der Waals surface area contributed by atoms with E-state index in [0.717, 1.165) is 67.6 Å². The Balaban J connectivity index is 1.40. The molecule has 28 heavy (non-hydrogen) atoms. The van der Waals surface area contributed by atoms with Crippen LogP contribution in [0.15, 0.2) is 0 Å². The molecule has 1 unspecified atom stereocenters. The molecule has 4 heterocycles. The summed E-state index contributed by atoms with van der Waals surface area (Å²) in [5, 5.41) is 16.4. The van der Waals surface area contributed by atoms with Crippen molar-refractivity contribution in [2.45, 2.75) is 64.8 Å². The molecule has 1 saturated heterocycles. The molecular weight excluding hydrogens is 354 g/mol. The lowest BCUT2D eigenvalue weighted by molar-refractivity contribution is -0.117. The van der Waals surface area contributed by atoms with E-state index in [-0.39, 0.29) is 5.91 Å². The lowest BCUT2D eigenvalue weighted by atomic mass is 9.97. The van der Waals surface area contributed by atoms with Crippen molar-refractivity contribution in [3.63, 3.8) is 0 Å². The summed E-state index contributed by atoms with van der Waals surface area (Å²) >= 11 is 0. The van der Waals surface area contributed by atoms with Crippen LogP contribution in [0.4, 0.5) is 5.69 Å². The number of hydrogen-bond acceptors (Lipinski definition) is 5. The number of amides is 1. The smallest absolute Gasteiger partial charge is 0.238 e. The van der Waals surface area contributed by atoms with Gasteiger partial charge in [0.2, 0.25) is 5.91 Å². The Morgan fingerprint density at radius 1 is 1.14 bits per heavy atom. The van der Waals surface area contributed by atoms with E-state index in [9.17, 15) is 4.79 Å². The van der Waals surface area contributed by atoms with Gasteiger partial charge in [0.25, 0.3) is 0 Å². The summed E-state index contributed by atoms with van der Waals surface area (Å²) in [6.07, 6.45) is 6.94. The number of aromatic nitrogens is 5. The molecule has 4 rings (SSSR count). The van der Waals surface area contributed by atoms with Crippen LogP contribution in [-0.4, -0.2) is 55.0 Å². The average Bonchev–Trinajstić information content (AvgIpc) is 3.07. The first-order valence-electron chi connectivity index (χ1n) is 10.5. The monoisotopic (exact) mass is 385 g/mol. The number of rotatable bonds is 4. The highest BCUT2D eigenvalue weighted by Crippen LogP contribution is 2.28. The maximum Gasteiger partial charge on any atom is 0.238 e. The number of likely N-dealkylation sites (tertiary alicyclic amines) is 1. The fourth-order valence-electron chi connectivity index (χ4n) is 4.56. The van der Waals surface area contributed by atoms with Gasteiger partial charge in [-0.2, -0.15) is 5.10 Å². The third kappa shape index (κ3) is 3.83. The number of nitrogens with zero attached hydrogens (tertiary/aromatic N) is 6. The second kappa shape index (κ2) is 8.03. The van der Waals surface area contributed by atoms with Gasteiger partial charge in [-0.15, -0.1) is 10.2 Å². The molecule has 1 amide bonds. The molecule has 2 aliphatic rings. The Morgan fingerprint density at radius 2 is 2.00 bits per heavy atom. The van der Waals surface area contributed by atoms with Crippen molar-refractivity contribution >= 4 is 11.6 Å². The van der Waals surface area contributed by atoms with Crippen molar-refractivity contribution in [2.24, 2.45) is 7.05 Å². The zero-order valence-electron chi connectivity index (χ0n) is 17.2. The van der Waals surface area contributed by atoms with Crippen LogP contribution in [0.2, 0.25) is 0 Å². The summed E-state index contributed by atoms with van der Waals surface area (Å²) in [5.41, 5.74) is 2.67. The molecule has 8 nitrogen and oxygen atoms in total. The molecule has 8 heteroatoms. The van der Waals surface area contributed by atoms with Crippen LogP contribution < -0.4 is 5.32 Å². The van der Waals surface area contributed by atoms with Crippen molar-refractivity contribution in [3.8, 4) is 0 Å². The van der Waals surface area contributed by atoms with Gasteiger partial charge < -0.3 is 9.88 Å². The number of hydrogen-bond donors (Lipinski definition) is 1. The number of fused-ring (bicyclic) bond motifs is 1. The Morgan fingerprint density at radius 3 is 2.79 bits per heavy atom. The predicted molar refractivity (Wildman–Crippen MR) is 107 cm³/mol. The highest BCUT2D eigenvalue weighted by Gasteiger charge is 2.28. The molecule has 1 N–H and O–H groups in total. The first kappa shape index (κ1) is 19.1. The summed E-state index contributed by atoms with van der Waals surface area (Å²) in [7, 11) is 1.90. The summed E-state index contributed by atoms with van der Waals surface area (Å²) in [5.74, 6) is 2.66. The molecule has 0 radical (unpaired) electrons. The molecule has 152 valence electrons. The zero-order chi connectivity index (χ0) is 19.7. The van der Waals surface area contributed by atoms with E-state index in [2.05, 4.69) is 30.1 Å². The van der Waals surface area contributed by atoms with E-state index in [1.165, 1.54) is 19.3 Å². The fourth-order valence-corrected chi connectivity index (χ4v) is 4.56. The normalized spacial score (nSPS) is 20.6. The minimum atomic E-state index is 0.0277. The third-order valence-electron chi connectivity index (χ3n) is 6.15. The Kier molecular flexibility index (Phi) is 5.48. The predicted octanol–water partition coefficient (Wildman–Crippen LogP) is 2.17. The van der Waals surface area contributed by atoms with Crippen molar-refractivity contribution < 1.29 is 4.79 Å². The molecule has 2 aromatic heterocycles. The highest BCUT2D eigenvalue weighted by atomic mass is 16.2. The van der Waals surface area contributed by atoms with Crippen molar-refractivity contribution in [2.75, 3.05) is 25.0 Å². The van der Waals surface area contributed by atoms with Crippen LogP contribution >= 0.6 is 0 Å². The van der Waals surface area contributed by atoms with E-state index in [0.29, 0.717) is 12.5 Å². The number of carbonyl (C=O) groups is 1. The van der Waals surface area contributed by atoms with Crippen LogP contribution in [0.25, 0.3) is 0 Å². The minimum Gasteiger partial charge on any atom is -0.322 e. The Hall–Kier alpha value is -2.22. The first-order valence-corrected chi connectivity index (χ1v) is 10.5. The molecular formula is C20H31N7O. The van der Waals surface area contributed by atoms with Crippen LogP contribution in [-0.2, 0) is 24.8 Å². The molecule has 2 aromatic rings. The van der Waals surface area contributed by atoms with Crippen LogP contribution in [0.3, 0.4) is 0 Å². The second-order valence-corrected chi connectivity index (χ2v) is 8.23. The Labute approximate surface area is 166 Å². The van der Waals surface area contributed by atoms with Crippen LogP contribution in [0, 0.1) is 13.8 Å². The van der Waals surface area contributed by atoms with Gasteiger partial charge in [-0.1, -0.05) is 6.42 Å². The average molecular weight is 386 g/mol. The summed E-state index contributed by atoms with van der Waals surface area (Å²) in [4.78, 5) is 14.9. The number of aryl methyl sites for hydroxylation is 3. The summed E-state index contributed by atoms with van der Waals surface area (Å²) in [6, 6.07) is 0. The van der Waals surface area contributed by atoms with Gasteiger partial charge in [0.15, 0.2) is 0 Å². The number of carbonyl (C=O) groups excluding carboxylic acids is 1. The minimum absolute atomic E-state index is 0.0277. The Bertz CT molecular complexity index is 853. The largest absolute Gasteiger partial charge is 0.322 e. The van der Waals surface area contributed by atoms with Gasteiger partial charge in [0.1, 0.15) is 11.6 Å². The highest BCUT2D eigenvalue weighted by molar-refractivity contribution is 5.93. The molecule has 2 aliphatic heterocycles. The van der Waals surface area contributed by atoms with Crippen molar-refractivity contribution in [1.29, 1.82) is 0 Å². The van der Waals surface area contributed by atoms with Crippen molar-refractivity contribution in [3.05, 3.63) is 23.0 Å². The van der Waals surface area contributed by atoms with Gasteiger partial charge in [-0.3, -0.25) is 14.4 Å². The van der Waals surface area contributed by atoms with Gasteiger partial charge >= 0.3 is 0 Å². The summed E-state index contributed by atoms with van der Waals surface area (Å²) < 4.78 is 4.16. The lowest BCUT2D eigenvalue weighted by Crippen LogP contribution is -2.40. The van der Waals surface area contributed by atoms with E-state index in [1.807, 2.05) is 20.9 Å². The van der Waals surface area contributed by atoms with Crippen LogP contribution in [0.5, 0.6) is 0 Å². The van der Waals surface area contributed by atoms with E-state index < -0.39 is 0 Å². The second-order valence-electron chi connectivity index (χ2n) is 8.23. The maximum atomic E-state index is 12.6.